The molecule has 0 atom stereocenters. The lowest BCUT2D eigenvalue weighted by molar-refractivity contribution is 0.0684. The van der Waals surface area contributed by atoms with Gasteiger partial charge in [0.2, 0.25) is 0 Å². The third-order valence-corrected chi connectivity index (χ3v) is 9.78. The lowest BCUT2D eigenvalue weighted by atomic mass is 10.2. The van der Waals surface area contributed by atoms with Gasteiger partial charge in [0, 0.05) is 21.4 Å². The predicted octanol–water partition coefficient (Wildman–Crippen LogP) is 6.40. The number of carboxylic acid groups (broad SMARTS) is 2. The first kappa shape index (κ1) is 23.8. The highest BCUT2D eigenvalue weighted by molar-refractivity contribution is 14.1. The molecule has 0 saturated carbocycles. The second kappa shape index (κ2) is 10.9. The number of hydrogen-bond acceptors (Lipinski definition) is 2. The standard InChI is InChI=1S/2C7H3I3O2/c2*8-3-1-4(7(11)12)6(10)5(9)2-3/h2*1-2H,(H,11,12). The van der Waals surface area contributed by atoms with Crippen molar-refractivity contribution in [3.63, 3.8) is 0 Å². The van der Waals surface area contributed by atoms with Crippen LogP contribution in [0.15, 0.2) is 24.3 Å². The maximum Gasteiger partial charge on any atom is 0.336 e. The maximum atomic E-state index is 10.7. The molecule has 24 heavy (non-hydrogen) atoms. The fraction of sp³-hybridized carbons (Fsp3) is 0. The minimum Gasteiger partial charge on any atom is -0.478 e. The molecule has 4 nitrogen and oxygen atoms in total. The summed E-state index contributed by atoms with van der Waals surface area (Å²) in [6, 6.07) is 7.25. The molecular formula is C14H6I6O4. The molecule has 2 rings (SSSR count). The largest absolute Gasteiger partial charge is 0.478 e. The van der Waals surface area contributed by atoms with E-state index in [2.05, 4.69) is 90.4 Å². The minimum atomic E-state index is -0.865. The third kappa shape index (κ3) is 7.06. The zero-order chi connectivity index (χ0) is 18.6. The second-order valence-corrected chi connectivity index (χ2v) is 11.1. The molecular weight excluding hydrogens is 994 g/mol. The molecule has 0 amide bonds. The van der Waals surface area contributed by atoms with Gasteiger partial charge in [-0.15, -0.1) is 0 Å². The van der Waals surface area contributed by atoms with E-state index in [-0.39, 0.29) is 0 Å². The zero-order valence-corrected chi connectivity index (χ0v) is 24.2. The molecule has 0 heterocycles. The quantitative estimate of drug-likeness (QED) is 0.270. The van der Waals surface area contributed by atoms with Gasteiger partial charge in [-0.1, -0.05) is 0 Å². The number of carboxylic acids is 2. The van der Waals surface area contributed by atoms with E-state index in [4.69, 9.17) is 10.2 Å². The van der Waals surface area contributed by atoms with Crippen LogP contribution in [0.1, 0.15) is 20.7 Å². The molecule has 2 aromatic carbocycles. The first-order valence-corrected chi connectivity index (χ1v) is 12.3. The van der Waals surface area contributed by atoms with E-state index in [9.17, 15) is 9.59 Å². The van der Waals surface area contributed by atoms with Crippen molar-refractivity contribution in [1.29, 1.82) is 0 Å². The average Bonchev–Trinajstić information content (AvgIpc) is 2.46. The Labute approximate surface area is 220 Å². The summed E-state index contributed by atoms with van der Waals surface area (Å²) in [7, 11) is 0. The molecule has 0 spiro atoms. The summed E-state index contributed by atoms with van der Waals surface area (Å²) in [6.45, 7) is 0. The van der Waals surface area contributed by atoms with Crippen molar-refractivity contribution in [3.8, 4) is 0 Å². The van der Waals surface area contributed by atoms with Crippen molar-refractivity contribution in [2.45, 2.75) is 0 Å². The predicted molar refractivity (Wildman–Crippen MR) is 143 cm³/mol. The topological polar surface area (TPSA) is 74.6 Å². The minimum absolute atomic E-state index is 0.381. The Bertz CT molecular complexity index is 739. The lowest BCUT2D eigenvalue weighted by Crippen LogP contribution is -2.01. The number of carbonyl (C=O) groups is 2. The molecule has 2 aromatic rings. The van der Waals surface area contributed by atoms with Crippen molar-refractivity contribution in [3.05, 3.63) is 56.8 Å². The van der Waals surface area contributed by atoms with Crippen LogP contribution in [0.3, 0.4) is 0 Å². The van der Waals surface area contributed by atoms with E-state index >= 15 is 0 Å². The maximum absolute atomic E-state index is 10.7. The van der Waals surface area contributed by atoms with Crippen molar-refractivity contribution in [1.82, 2.24) is 0 Å². The highest BCUT2D eigenvalue weighted by Gasteiger charge is 2.12. The molecule has 128 valence electrons. The summed E-state index contributed by atoms with van der Waals surface area (Å²) in [5.74, 6) is -1.73. The van der Waals surface area contributed by atoms with Gasteiger partial charge in [0.15, 0.2) is 0 Å². The van der Waals surface area contributed by atoms with Gasteiger partial charge in [0.25, 0.3) is 0 Å². The third-order valence-electron chi connectivity index (χ3n) is 2.45. The van der Waals surface area contributed by atoms with Gasteiger partial charge in [-0.3, -0.25) is 0 Å². The summed E-state index contributed by atoms with van der Waals surface area (Å²) in [6.07, 6.45) is 0. The molecule has 0 unspecified atom stereocenters. The Morgan fingerprint density at radius 3 is 1.17 bits per heavy atom. The van der Waals surface area contributed by atoms with E-state index in [0.29, 0.717) is 11.1 Å². The van der Waals surface area contributed by atoms with E-state index < -0.39 is 11.9 Å². The SMILES string of the molecule is O=C(O)c1cc(I)cc(I)c1I.O=C(O)c1cc(I)cc(I)c1I. The summed E-state index contributed by atoms with van der Waals surface area (Å²) in [5, 5.41) is 17.6. The van der Waals surface area contributed by atoms with Crippen LogP contribution >= 0.6 is 136 Å². The van der Waals surface area contributed by atoms with Gasteiger partial charge in [-0.25, -0.2) is 9.59 Å². The number of aromatic carboxylic acids is 2. The fourth-order valence-electron chi connectivity index (χ4n) is 1.42. The fourth-order valence-corrected chi connectivity index (χ4v) is 6.20. The molecule has 0 aromatic heterocycles. The molecule has 0 radical (unpaired) electrons. The van der Waals surface area contributed by atoms with Crippen LogP contribution in [-0.2, 0) is 0 Å². The molecule has 2 N–H and O–H groups in total. The molecule has 0 aliphatic rings. The Morgan fingerprint density at radius 2 is 0.917 bits per heavy atom. The van der Waals surface area contributed by atoms with Gasteiger partial charge in [-0.05, 0) is 160 Å². The summed E-state index contributed by atoms with van der Waals surface area (Å²) in [4.78, 5) is 21.4. The van der Waals surface area contributed by atoms with Crippen molar-refractivity contribution >= 4 is 147 Å². The molecule has 0 bridgehead atoms. The monoisotopic (exact) mass is 999 g/mol. The van der Waals surface area contributed by atoms with Crippen LogP contribution in [0.5, 0.6) is 0 Å². The first-order chi connectivity index (χ1) is 11.0. The Kier molecular flexibility index (Phi) is 10.8. The Balaban J connectivity index is 0.000000240. The van der Waals surface area contributed by atoms with Crippen molar-refractivity contribution < 1.29 is 19.8 Å². The van der Waals surface area contributed by atoms with Crippen LogP contribution in [-0.4, -0.2) is 22.2 Å². The van der Waals surface area contributed by atoms with E-state index in [1.165, 1.54) is 0 Å². The van der Waals surface area contributed by atoms with Gasteiger partial charge in [0.05, 0.1) is 11.1 Å². The molecule has 0 aliphatic carbocycles. The summed E-state index contributed by atoms with van der Waals surface area (Å²) >= 11 is 12.6. The molecule has 0 fully saturated rings. The van der Waals surface area contributed by atoms with Gasteiger partial charge >= 0.3 is 11.9 Å². The molecule has 0 saturated heterocycles. The zero-order valence-electron chi connectivity index (χ0n) is 11.3. The van der Waals surface area contributed by atoms with Crippen molar-refractivity contribution in [2.75, 3.05) is 0 Å². The van der Waals surface area contributed by atoms with Gasteiger partial charge in [0.1, 0.15) is 0 Å². The van der Waals surface area contributed by atoms with Crippen LogP contribution in [0, 0.1) is 21.4 Å². The first-order valence-electron chi connectivity index (χ1n) is 5.80. The number of benzene rings is 2. The number of hydrogen-bond donors (Lipinski definition) is 2. The number of rotatable bonds is 2. The smallest absolute Gasteiger partial charge is 0.336 e. The Morgan fingerprint density at radius 1 is 0.625 bits per heavy atom. The van der Waals surface area contributed by atoms with Crippen molar-refractivity contribution in [2.24, 2.45) is 0 Å². The van der Waals surface area contributed by atoms with Gasteiger partial charge < -0.3 is 10.2 Å². The van der Waals surface area contributed by atoms with E-state index in [1.54, 1.807) is 12.1 Å². The summed E-state index contributed by atoms with van der Waals surface area (Å²) < 4.78 is 5.49. The van der Waals surface area contributed by atoms with Crippen LogP contribution in [0.2, 0.25) is 0 Å². The highest BCUT2D eigenvalue weighted by atomic mass is 127. The van der Waals surface area contributed by atoms with Crippen LogP contribution < -0.4 is 0 Å². The van der Waals surface area contributed by atoms with Crippen LogP contribution in [0.25, 0.3) is 0 Å². The van der Waals surface area contributed by atoms with Gasteiger partial charge in [-0.2, -0.15) is 0 Å². The summed E-state index contributed by atoms with van der Waals surface area (Å²) in [5.41, 5.74) is 0.763. The second-order valence-electron chi connectivity index (χ2n) is 4.11. The Hall–Kier alpha value is 1.76. The normalized spacial score (nSPS) is 9.92. The molecule has 10 heteroatoms. The van der Waals surface area contributed by atoms with E-state index in [0.717, 1.165) is 21.4 Å². The van der Waals surface area contributed by atoms with E-state index in [1.807, 2.05) is 57.3 Å². The molecule has 0 aliphatic heterocycles. The highest BCUT2D eigenvalue weighted by Crippen LogP contribution is 2.23. The lowest BCUT2D eigenvalue weighted by Gasteiger charge is -2.02. The average molecular weight is 1000 g/mol. The number of halogens is 6. The van der Waals surface area contributed by atoms with Crippen LogP contribution in [0.4, 0.5) is 0 Å².